The van der Waals surface area contributed by atoms with Crippen LogP contribution < -0.4 is 4.90 Å². The lowest BCUT2D eigenvalue weighted by Gasteiger charge is -2.18. The first-order valence-corrected chi connectivity index (χ1v) is 6.06. The van der Waals surface area contributed by atoms with E-state index in [1.54, 1.807) is 33.0 Å². The minimum atomic E-state index is -0.937. The Morgan fingerprint density at radius 1 is 1.26 bits per heavy atom. The zero-order chi connectivity index (χ0) is 14.4. The van der Waals surface area contributed by atoms with Crippen LogP contribution in [0.3, 0.4) is 0 Å². The summed E-state index contributed by atoms with van der Waals surface area (Å²) < 4.78 is 0. The number of carbonyl (C=O) groups excluding carboxylic acids is 1. The average molecular weight is 263 g/mol. The first-order chi connectivity index (χ1) is 8.76. The predicted octanol–water partition coefficient (Wildman–Crippen LogP) is 1.71. The molecule has 0 saturated heterocycles. The van der Waals surface area contributed by atoms with Crippen molar-refractivity contribution in [1.29, 1.82) is 0 Å². The number of hydrogen-bond acceptors (Lipinski definition) is 3. The molecule has 1 saturated carbocycles. The van der Waals surface area contributed by atoms with Gasteiger partial charge < -0.3 is 15.1 Å². The van der Waals surface area contributed by atoms with Crippen LogP contribution in [0.15, 0.2) is 24.3 Å². The molecule has 2 rings (SSSR count). The third kappa shape index (κ3) is 2.16. The number of nitrogens with zero attached hydrogens (tertiary/aromatic N) is 1. The Balaban J connectivity index is 2.20. The third-order valence-electron chi connectivity index (χ3n) is 3.91. The molecule has 19 heavy (non-hydrogen) atoms. The Hall–Kier alpha value is -2.04. The number of carboxylic acid groups (broad SMARTS) is 1. The molecule has 2 N–H and O–H groups in total. The smallest absolute Gasteiger partial charge is 0.307 e. The highest BCUT2D eigenvalue weighted by atomic mass is 16.4. The first-order valence-electron chi connectivity index (χ1n) is 6.06. The van der Waals surface area contributed by atoms with Crippen LogP contribution in [0.1, 0.15) is 13.8 Å². The summed E-state index contributed by atoms with van der Waals surface area (Å²) in [6, 6.07) is 6.33. The lowest BCUT2D eigenvalue weighted by Crippen LogP contribution is -2.29. The van der Waals surface area contributed by atoms with Crippen molar-refractivity contribution in [3.05, 3.63) is 24.3 Å². The molecule has 1 fully saturated rings. The summed E-state index contributed by atoms with van der Waals surface area (Å²) in [6.07, 6.45) is 0. The van der Waals surface area contributed by atoms with Crippen molar-refractivity contribution in [3.63, 3.8) is 0 Å². The van der Waals surface area contributed by atoms with E-state index in [2.05, 4.69) is 0 Å². The number of phenolic OH excluding ortho intramolecular Hbond substituents is 1. The van der Waals surface area contributed by atoms with Gasteiger partial charge >= 0.3 is 5.97 Å². The van der Waals surface area contributed by atoms with Gasteiger partial charge in [-0.25, -0.2) is 0 Å². The quantitative estimate of drug-likeness (QED) is 0.870. The molecule has 102 valence electrons. The second-order valence-corrected chi connectivity index (χ2v) is 5.53. The predicted molar refractivity (Wildman–Crippen MR) is 69.9 cm³/mol. The van der Waals surface area contributed by atoms with Gasteiger partial charge in [-0.2, -0.15) is 0 Å². The van der Waals surface area contributed by atoms with Gasteiger partial charge in [-0.3, -0.25) is 9.59 Å². The van der Waals surface area contributed by atoms with Crippen molar-refractivity contribution in [1.82, 2.24) is 0 Å². The van der Waals surface area contributed by atoms with Gasteiger partial charge in [-0.05, 0) is 17.5 Å². The Bertz CT molecular complexity index is 538. The van der Waals surface area contributed by atoms with E-state index in [-0.39, 0.29) is 11.7 Å². The van der Waals surface area contributed by atoms with E-state index in [9.17, 15) is 14.7 Å². The molecule has 1 aromatic rings. The number of benzene rings is 1. The van der Waals surface area contributed by atoms with Crippen LogP contribution in [-0.2, 0) is 9.59 Å². The van der Waals surface area contributed by atoms with Crippen molar-refractivity contribution in [2.75, 3.05) is 11.9 Å². The molecule has 0 heterocycles. The highest BCUT2D eigenvalue weighted by Crippen LogP contribution is 2.59. The maximum Gasteiger partial charge on any atom is 0.307 e. The van der Waals surface area contributed by atoms with Gasteiger partial charge in [0.25, 0.3) is 0 Å². The molecule has 1 amide bonds. The molecule has 0 aliphatic heterocycles. The van der Waals surface area contributed by atoms with Gasteiger partial charge in [0, 0.05) is 18.8 Å². The molecule has 2 atom stereocenters. The summed E-state index contributed by atoms with van der Waals surface area (Å²) >= 11 is 0. The van der Waals surface area contributed by atoms with Gasteiger partial charge in [-0.1, -0.05) is 19.9 Å². The SMILES string of the molecule is CN(C(=O)C1C(C(=O)O)C1(C)C)c1cccc(O)c1. The fraction of sp³-hybridized carbons (Fsp3) is 0.429. The van der Waals surface area contributed by atoms with Crippen LogP contribution in [0.2, 0.25) is 0 Å². The molecule has 5 nitrogen and oxygen atoms in total. The summed E-state index contributed by atoms with van der Waals surface area (Å²) in [7, 11) is 1.59. The van der Waals surface area contributed by atoms with Gasteiger partial charge in [0.2, 0.25) is 5.91 Å². The van der Waals surface area contributed by atoms with Crippen LogP contribution >= 0.6 is 0 Å². The molecule has 1 aromatic carbocycles. The fourth-order valence-electron chi connectivity index (χ4n) is 2.60. The van der Waals surface area contributed by atoms with Crippen molar-refractivity contribution >= 4 is 17.6 Å². The Labute approximate surface area is 111 Å². The van der Waals surface area contributed by atoms with E-state index in [4.69, 9.17) is 5.11 Å². The normalized spacial score (nSPS) is 23.7. The van der Waals surface area contributed by atoms with Crippen molar-refractivity contribution in [2.45, 2.75) is 13.8 Å². The van der Waals surface area contributed by atoms with Crippen LogP contribution in [0.5, 0.6) is 5.75 Å². The maximum atomic E-state index is 12.3. The van der Waals surface area contributed by atoms with Gasteiger partial charge in [0.05, 0.1) is 11.8 Å². The van der Waals surface area contributed by atoms with Gasteiger partial charge in [0.1, 0.15) is 5.75 Å². The summed E-state index contributed by atoms with van der Waals surface area (Å²) in [5, 5.41) is 18.5. The number of amides is 1. The molecule has 1 aliphatic carbocycles. The summed E-state index contributed by atoms with van der Waals surface area (Å²) in [5.41, 5.74) is 0.0328. The molecule has 0 spiro atoms. The summed E-state index contributed by atoms with van der Waals surface area (Å²) in [5.74, 6) is -2.25. The number of rotatable bonds is 3. The number of aliphatic carboxylic acids is 1. The zero-order valence-corrected chi connectivity index (χ0v) is 11.1. The number of carboxylic acids is 1. The molecular weight excluding hydrogens is 246 g/mol. The largest absolute Gasteiger partial charge is 0.508 e. The first kappa shape index (κ1) is 13.4. The Kier molecular flexibility index (Phi) is 3.00. The van der Waals surface area contributed by atoms with E-state index in [1.807, 2.05) is 0 Å². The standard InChI is InChI=1S/C14H17NO4/c1-14(2)10(11(14)13(18)19)12(17)15(3)8-5-4-6-9(16)7-8/h4-7,10-11,16H,1-3H3,(H,18,19). The second kappa shape index (κ2) is 4.26. The number of phenols is 1. The Morgan fingerprint density at radius 2 is 1.89 bits per heavy atom. The molecule has 2 unspecified atom stereocenters. The lowest BCUT2D eigenvalue weighted by molar-refractivity contribution is -0.140. The molecule has 0 bridgehead atoms. The molecule has 1 aliphatic rings. The lowest BCUT2D eigenvalue weighted by atomic mass is 10.1. The van der Waals surface area contributed by atoms with E-state index in [0.29, 0.717) is 5.69 Å². The van der Waals surface area contributed by atoms with Crippen molar-refractivity contribution in [2.24, 2.45) is 17.3 Å². The number of aromatic hydroxyl groups is 1. The number of anilines is 1. The molecule has 5 heteroatoms. The van der Waals surface area contributed by atoms with Crippen LogP contribution in [0.4, 0.5) is 5.69 Å². The second-order valence-electron chi connectivity index (χ2n) is 5.53. The van der Waals surface area contributed by atoms with E-state index in [0.717, 1.165) is 0 Å². The average Bonchev–Trinajstić information content (AvgIpc) is 2.90. The number of carbonyl (C=O) groups is 2. The summed E-state index contributed by atoms with van der Waals surface area (Å²) in [6.45, 7) is 3.56. The molecular formula is C14H17NO4. The van der Waals surface area contributed by atoms with Crippen molar-refractivity contribution < 1.29 is 19.8 Å². The van der Waals surface area contributed by atoms with Crippen LogP contribution in [-0.4, -0.2) is 29.1 Å². The highest BCUT2D eigenvalue weighted by molar-refractivity contribution is 6.01. The minimum Gasteiger partial charge on any atom is -0.508 e. The maximum absolute atomic E-state index is 12.3. The zero-order valence-electron chi connectivity index (χ0n) is 11.1. The Morgan fingerprint density at radius 3 is 2.37 bits per heavy atom. The van der Waals surface area contributed by atoms with E-state index >= 15 is 0 Å². The van der Waals surface area contributed by atoms with Gasteiger partial charge in [-0.15, -0.1) is 0 Å². The van der Waals surface area contributed by atoms with E-state index in [1.165, 1.54) is 17.0 Å². The van der Waals surface area contributed by atoms with E-state index < -0.39 is 23.2 Å². The molecule has 0 aromatic heterocycles. The van der Waals surface area contributed by atoms with Gasteiger partial charge in [0.15, 0.2) is 0 Å². The molecule has 0 radical (unpaired) electrons. The van der Waals surface area contributed by atoms with Crippen molar-refractivity contribution in [3.8, 4) is 5.75 Å². The minimum absolute atomic E-state index is 0.0713. The van der Waals surface area contributed by atoms with Crippen LogP contribution in [0, 0.1) is 17.3 Å². The van der Waals surface area contributed by atoms with Crippen LogP contribution in [0.25, 0.3) is 0 Å². The fourth-order valence-corrected chi connectivity index (χ4v) is 2.60. The summed E-state index contributed by atoms with van der Waals surface area (Å²) in [4.78, 5) is 24.8. The highest BCUT2D eigenvalue weighted by Gasteiger charge is 2.66. The number of hydrogen-bond donors (Lipinski definition) is 2. The third-order valence-corrected chi connectivity index (χ3v) is 3.91. The monoisotopic (exact) mass is 263 g/mol. The topological polar surface area (TPSA) is 77.8 Å².